The first-order valence-corrected chi connectivity index (χ1v) is 3.41. The van der Waals surface area contributed by atoms with Crippen LogP contribution in [0.15, 0.2) is 0 Å². The molecule has 0 aliphatic heterocycles. The van der Waals surface area contributed by atoms with Crippen LogP contribution in [0, 0.1) is 5.41 Å². The second-order valence-corrected chi connectivity index (χ2v) is 3.88. The Bertz CT molecular complexity index is 123. The Morgan fingerprint density at radius 2 is 1.45 bits per heavy atom. The Kier molecular flexibility index (Phi) is 2.94. The average Bonchev–Trinajstić information content (AvgIpc) is 1.56. The second-order valence-electron chi connectivity index (χ2n) is 3.88. The third-order valence-electron chi connectivity index (χ3n) is 1.14. The van der Waals surface area contributed by atoms with Crippen molar-refractivity contribution >= 4 is 0 Å². The van der Waals surface area contributed by atoms with Gasteiger partial charge in [-0.25, -0.2) is 4.90 Å². The topological polar surface area (TPSA) is 3.24 Å². The van der Waals surface area contributed by atoms with Crippen molar-refractivity contribution in [3.05, 3.63) is 0 Å². The zero-order valence-corrected chi connectivity index (χ0v) is 7.29. The minimum absolute atomic E-state index is 0.0243. The maximum atomic E-state index is 11.9. The molecule has 0 spiro atoms. The fourth-order valence-corrected chi connectivity index (χ4v) is 0.801. The van der Waals surface area contributed by atoms with Gasteiger partial charge in [0.25, 0.3) is 0 Å². The van der Waals surface area contributed by atoms with Gasteiger partial charge in [-0.1, -0.05) is 20.8 Å². The minimum Gasteiger partial charge on any atom is -0.217 e. The largest absolute Gasteiger partial charge is 0.459 e. The molecule has 0 N–H and O–H groups in total. The summed E-state index contributed by atoms with van der Waals surface area (Å²) < 4.78 is 35.7. The number of nitrogens with zero attached hydrogens (tertiary/aromatic N) is 1. The zero-order valence-electron chi connectivity index (χ0n) is 7.29. The minimum atomic E-state index is -4.20. The van der Waals surface area contributed by atoms with Crippen LogP contribution >= 0.6 is 0 Å². The first-order chi connectivity index (χ1) is 4.63. The molecule has 0 aromatic heterocycles. The zero-order chi connectivity index (χ0) is 9.28. The molecule has 1 nitrogen and oxygen atoms in total. The van der Waals surface area contributed by atoms with E-state index in [1.807, 2.05) is 0 Å². The Morgan fingerprint density at radius 3 is 1.55 bits per heavy atom. The number of hydrogen-bond acceptors (Lipinski definition) is 1. The first kappa shape index (κ1) is 10.8. The predicted octanol–water partition coefficient (Wildman–Crippen LogP) is 2.48. The molecule has 0 radical (unpaired) electrons. The van der Waals surface area contributed by atoms with Gasteiger partial charge in [0.2, 0.25) is 0 Å². The molecule has 0 unspecified atom stereocenters. The van der Waals surface area contributed by atoms with Crippen LogP contribution in [0.5, 0.6) is 0 Å². The molecule has 0 amide bonds. The highest BCUT2D eigenvalue weighted by Gasteiger charge is 2.35. The van der Waals surface area contributed by atoms with Crippen LogP contribution in [0.1, 0.15) is 20.8 Å². The lowest BCUT2D eigenvalue weighted by Gasteiger charge is -2.27. The van der Waals surface area contributed by atoms with E-state index in [9.17, 15) is 13.2 Å². The molecule has 0 saturated heterocycles. The molecule has 0 heterocycles. The van der Waals surface area contributed by atoms with Crippen molar-refractivity contribution in [2.45, 2.75) is 27.1 Å². The quantitative estimate of drug-likeness (QED) is 0.545. The van der Waals surface area contributed by atoms with E-state index in [4.69, 9.17) is 0 Å². The lowest BCUT2D eigenvalue weighted by molar-refractivity contribution is -0.242. The van der Waals surface area contributed by atoms with Gasteiger partial charge in [0, 0.05) is 6.54 Å². The standard InChI is InChI=1S/C7H14F3N/c1-6(2,3)5-11(4)7(8,9)10/h5H2,1-4H3. The summed E-state index contributed by atoms with van der Waals surface area (Å²) in [6, 6.07) is 0. The highest BCUT2D eigenvalue weighted by atomic mass is 19.4. The molecular formula is C7H14F3N. The summed E-state index contributed by atoms with van der Waals surface area (Å²) in [5, 5.41) is 0. The Labute approximate surface area is 65.2 Å². The van der Waals surface area contributed by atoms with Crippen LogP contribution < -0.4 is 0 Å². The molecule has 0 aliphatic rings. The van der Waals surface area contributed by atoms with Crippen molar-refractivity contribution in [2.24, 2.45) is 5.41 Å². The fraction of sp³-hybridized carbons (Fsp3) is 1.00. The van der Waals surface area contributed by atoms with Gasteiger partial charge in [-0.3, -0.25) is 0 Å². The van der Waals surface area contributed by atoms with Gasteiger partial charge in [-0.2, -0.15) is 13.2 Å². The van der Waals surface area contributed by atoms with Crippen LogP contribution in [0.4, 0.5) is 13.2 Å². The van der Waals surface area contributed by atoms with E-state index >= 15 is 0 Å². The van der Waals surface area contributed by atoms with Crippen molar-refractivity contribution in [2.75, 3.05) is 13.6 Å². The average molecular weight is 169 g/mol. The molecule has 0 aromatic carbocycles. The van der Waals surface area contributed by atoms with Crippen LogP contribution in [0.3, 0.4) is 0 Å². The fourth-order valence-electron chi connectivity index (χ4n) is 0.801. The molecule has 0 aliphatic carbocycles. The molecule has 68 valence electrons. The van der Waals surface area contributed by atoms with Gasteiger partial charge in [-0.15, -0.1) is 0 Å². The molecule has 0 saturated carbocycles. The summed E-state index contributed by atoms with van der Waals surface area (Å²) in [5.41, 5.74) is -0.315. The lowest BCUT2D eigenvalue weighted by atomic mass is 9.96. The molecular weight excluding hydrogens is 155 g/mol. The number of alkyl halides is 3. The van der Waals surface area contributed by atoms with E-state index in [1.54, 1.807) is 20.8 Å². The van der Waals surface area contributed by atoms with Crippen molar-refractivity contribution in [3.63, 3.8) is 0 Å². The SMILES string of the molecule is CN(CC(C)(C)C)C(F)(F)F. The van der Waals surface area contributed by atoms with Crippen LogP contribution in [-0.4, -0.2) is 24.8 Å². The third-order valence-corrected chi connectivity index (χ3v) is 1.14. The van der Waals surface area contributed by atoms with Crippen molar-refractivity contribution < 1.29 is 13.2 Å². The Hall–Kier alpha value is -0.250. The highest BCUT2D eigenvalue weighted by Crippen LogP contribution is 2.24. The summed E-state index contributed by atoms with van der Waals surface area (Å²) in [6.07, 6.45) is -4.20. The molecule has 0 fully saturated rings. The molecule has 11 heavy (non-hydrogen) atoms. The first-order valence-electron chi connectivity index (χ1n) is 3.41. The molecule has 0 bridgehead atoms. The lowest BCUT2D eigenvalue weighted by Crippen LogP contribution is -2.39. The van der Waals surface area contributed by atoms with Gasteiger partial charge < -0.3 is 0 Å². The van der Waals surface area contributed by atoms with Gasteiger partial charge in [0.05, 0.1) is 0 Å². The summed E-state index contributed by atoms with van der Waals surface area (Å²) in [4.78, 5) is 0.396. The number of halogens is 3. The van der Waals surface area contributed by atoms with Gasteiger partial charge in [0.15, 0.2) is 0 Å². The predicted molar refractivity (Wildman–Crippen MR) is 38.1 cm³/mol. The highest BCUT2D eigenvalue weighted by molar-refractivity contribution is 4.67. The van der Waals surface area contributed by atoms with E-state index in [1.165, 1.54) is 0 Å². The number of hydrogen-bond donors (Lipinski definition) is 0. The van der Waals surface area contributed by atoms with Crippen LogP contribution in [-0.2, 0) is 0 Å². The van der Waals surface area contributed by atoms with Crippen molar-refractivity contribution in [1.29, 1.82) is 0 Å². The van der Waals surface area contributed by atoms with Crippen LogP contribution in [0.2, 0.25) is 0 Å². The summed E-state index contributed by atoms with van der Waals surface area (Å²) in [7, 11) is 1.06. The molecule has 4 heteroatoms. The normalized spacial score (nSPS) is 14.2. The maximum Gasteiger partial charge on any atom is 0.459 e. The molecule has 0 rings (SSSR count). The van der Waals surface area contributed by atoms with Crippen molar-refractivity contribution in [3.8, 4) is 0 Å². The summed E-state index contributed by atoms with van der Waals surface area (Å²) >= 11 is 0. The van der Waals surface area contributed by atoms with Crippen LogP contribution in [0.25, 0.3) is 0 Å². The summed E-state index contributed by atoms with van der Waals surface area (Å²) in [5.74, 6) is 0. The van der Waals surface area contributed by atoms with Crippen molar-refractivity contribution in [1.82, 2.24) is 4.90 Å². The second kappa shape index (κ2) is 3.01. The Balaban J connectivity index is 3.99. The molecule has 0 aromatic rings. The van der Waals surface area contributed by atoms with E-state index in [0.717, 1.165) is 7.05 Å². The van der Waals surface area contributed by atoms with Gasteiger partial charge in [0.1, 0.15) is 0 Å². The number of rotatable bonds is 1. The molecule has 0 atom stereocenters. The van der Waals surface area contributed by atoms with E-state index in [0.29, 0.717) is 4.90 Å². The van der Waals surface area contributed by atoms with E-state index < -0.39 is 6.30 Å². The van der Waals surface area contributed by atoms with E-state index in [2.05, 4.69) is 0 Å². The monoisotopic (exact) mass is 169 g/mol. The van der Waals surface area contributed by atoms with Gasteiger partial charge in [-0.05, 0) is 12.5 Å². The Morgan fingerprint density at radius 1 is 1.09 bits per heavy atom. The van der Waals surface area contributed by atoms with Gasteiger partial charge >= 0.3 is 6.30 Å². The van der Waals surface area contributed by atoms with E-state index in [-0.39, 0.29) is 12.0 Å². The summed E-state index contributed by atoms with van der Waals surface area (Å²) in [6.45, 7) is 5.34. The smallest absolute Gasteiger partial charge is 0.217 e. The third kappa shape index (κ3) is 5.07. The maximum absolute atomic E-state index is 11.9.